The maximum atomic E-state index is 11.8. The van der Waals surface area contributed by atoms with Gasteiger partial charge in [-0.1, -0.05) is 45.1 Å². The van der Waals surface area contributed by atoms with Gasteiger partial charge in [0.05, 0.1) is 23.0 Å². The van der Waals surface area contributed by atoms with E-state index in [1.54, 1.807) is 24.3 Å². The lowest BCUT2D eigenvalue weighted by Crippen LogP contribution is -2.06. The molecule has 0 aliphatic carbocycles. The molecule has 3 nitrogen and oxygen atoms in total. The van der Waals surface area contributed by atoms with E-state index in [-0.39, 0.29) is 5.97 Å². The number of thiocarbonyl (C=S) groups is 1. The Bertz CT molecular complexity index is 467. The summed E-state index contributed by atoms with van der Waals surface area (Å²) in [6, 6.07) is 6.89. The van der Waals surface area contributed by atoms with Crippen LogP contribution in [0.2, 0.25) is 0 Å². The average molecular weight is 291 g/mol. The van der Waals surface area contributed by atoms with Gasteiger partial charge in [0.15, 0.2) is 0 Å². The second kappa shape index (κ2) is 10.3. The van der Waals surface area contributed by atoms with Crippen molar-refractivity contribution in [2.24, 2.45) is 4.99 Å². The predicted molar refractivity (Wildman–Crippen MR) is 84.8 cm³/mol. The van der Waals surface area contributed by atoms with Crippen molar-refractivity contribution in [1.82, 2.24) is 0 Å². The zero-order valence-corrected chi connectivity index (χ0v) is 12.7. The van der Waals surface area contributed by atoms with Crippen molar-refractivity contribution >= 4 is 29.0 Å². The van der Waals surface area contributed by atoms with Crippen molar-refractivity contribution in [2.45, 2.75) is 45.4 Å². The molecule has 0 aromatic heterocycles. The van der Waals surface area contributed by atoms with Gasteiger partial charge in [0.25, 0.3) is 0 Å². The number of hydrogen-bond acceptors (Lipinski definition) is 4. The maximum Gasteiger partial charge on any atom is 0.338 e. The van der Waals surface area contributed by atoms with E-state index in [1.165, 1.54) is 25.7 Å². The van der Waals surface area contributed by atoms with Crippen LogP contribution in [0.15, 0.2) is 29.3 Å². The first kappa shape index (κ1) is 16.5. The molecule has 0 saturated heterocycles. The topological polar surface area (TPSA) is 38.7 Å². The van der Waals surface area contributed by atoms with E-state index in [1.807, 2.05) is 0 Å². The first-order valence-corrected chi connectivity index (χ1v) is 7.53. The lowest BCUT2D eigenvalue weighted by atomic mass is 10.1. The summed E-state index contributed by atoms with van der Waals surface area (Å²) >= 11 is 4.54. The highest BCUT2D eigenvalue weighted by Gasteiger charge is 2.07. The van der Waals surface area contributed by atoms with Crippen molar-refractivity contribution in [2.75, 3.05) is 6.61 Å². The summed E-state index contributed by atoms with van der Waals surface area (Å²) in [4.78, 5) is 15.7. The Morgan fingerprint density at radius 3 is 2.75 bits per heavy atom. The summed E-state index contributed by atoms with van der Waals surface area (Å²) in [5.41, 5.74) is 1.12. The van der Waals surface area contributed by atoms with Crippen molar-refractivity contribution in [1.29, 1.82) is 0 Å². The molecule has 1 aromatic carbocycles. The number of aliphatic imine (C=N–C) groups is 1. The summed E-state index contributed by atoms with van der Waals surface area (Å²) in [5.74, 6) is -0.306. The molecule has 0 N–H and O–H groups in total. The molecule has 0 bridgehead atoms. The summed E-state index contributed by atoms with van der Waals surface area (Å²) in [5, 5.41) is 2.28. The Kier molecular flexibility index (Phi) is 8.52. The molecule has 0 radical (unpaired) electrons. The number of isothiocyanates is 1. The highest BCUT2D eigenvalue weighted by molar-refractivity contribution is 7.78. The van der Waals surface area contributed by atoms with Gasteiger partial charge in [-0.05, 0) is 36.8 Å². The number of nitrogens with zero attached hydrogens (tertiary/aromatic N) is 1. The zero-order valence-electron chi connectivity index (χ0n) is 11.9. The highest BCUT2D eigenvalue weighted by Crippen LogP contribution is 2.14. The Morgan fingerprint density at radius 2 is 2.00 bits per heavy atom. The smallest absolute Gasteiger partial charge is 0.338 e. The third-order valence-corrected chi connectivity index (χ3v) is 3.08. The van der Waals surface area contributed by atoms with E-state index in [0.29, 0.717) is 17.9 Å². The minimum Gasteiger partial charge on any atom is -0.462 e. The Hall–Kier alpha value is -1.51. The molecule has 1 aromatic rings. The van der Waals surface area contributed by atoms with Gasteiger partial charge in [-0.3, -0.25) is 0 Å². The van der Waals surface area contributed by atoms with Crippen LogP contribution in [0.4, 0.5) is 5.69 Å². The fourth-order valence-corrected chi connectivity index (χ4v) is 1.99. The second-order valence-corrected chi connectivity index (χ2v) is 4.84. The van der Waals surface area contributed by atoms with Crippen LogP contribution in [-0.4, -0.2) is 17.7 Å². The first-order valence-electron chi connectivity index (χ1n) is 7.13. The van der Waals surface area contributed by atoms with Gasteiger partial charge in [-0.2, -0.15) is 4.99 Å². The average Bonchev–Trinajstić information content (AvgIpc) is 2.47. The van der Waals surface area contributed by atoms with Crippen LogP contribution in [0.3, 0.4) is 0 Å². The van der Waals surface area contributed by atoms with Gasteiger partial charge in [0.2, 0.25) is 0 Å². The van der Waals surface area contributed by atoms with E-state index in [4.69, 9.17) is 4.74 Å². The van der Waals surface area contributed by atoms with Crippen molar-refractivity contribution in [3.05, 3.63) is 29.8 Å². The third kappa shape index (κ3) is 6.60. The highest BCUT2D eigenvalue weighted by atomic mass is 32.1. The van der Waals surface area contributed by atoms with Crippen molar-refractivity contribution in [3.63, 3.8) is 0 Å². The number of hydrogen-bond donors (Lipinski definition) is 0. The van der Waals surface area contributed by atoms with Crippen LogP contribution >= 0.6 is 12.2 Å². The van der Waals surface area contributed by atoms with Crippen LogP contribution in [0.1, 0.15) is 55.8 Å². The zero-order chi connectivity index (χ0) is 14.6. The van der Waals surface area contributed by atoms with E-state index in [0.717, 1.165) is 12.8 Å². The molecule has 1 rings (SSSR count). The standard InChI is InChI=1S/C16H21NO2S/c1-2-3-4-5-6-7-11-19-16(18)14-9-8-10-15(12-14)17-13-20/h8-10,12H,2-7,11H2,1H3. The van der Waals surface area contributed by atoms with Crippen LogP contribution in [-0.2, 0) is 4.74 Å². The fourth-order valence-electron chi connectivity index (χ4n) is 1.89. The molecule has 0 saturated carbocycles. The number of unbranched alkanes of at least 4 members (excludes halogenated alkanes) is 5. The monoisotopic (exact) mass is 291 g/mol. The molecule has 0 spiro atoms. The van der Waals surface area contributed by atoms with E-state index >= 15 is 0 Å². The number of carbonyl (C=O) groups is 1. The molecule has 4 heteroatoms. The van der Waals surface area contributed by atoms with Crippen LogP contribution in [0.25, 0.3) is 0 Å². The maximum absolute atomic E-state index is 11.8. The number of carbonyl (C=O) groups excluding carboxylic acids is 1. The predicted octanol–water partition coefficient (Wildman–Crippen LogP) is 4.94. The van der Waals surface area contributed by atoms with Gasteiger partial charge >= 0.3 is 5.97 Å². The molecule has 0 aliphatic heterocycles. The van der Waals surface area contributed by atoms with Crippen LogP contribution in [0, 0.1) is 0 Å². The van der Waals surface area contributed by atoms with Crippen molar-refractivity contribution < 1.29 is 9.53 Å². The summed E-state index contributed by atoms with van der Waals surface area (Å²) in [6.45, 7) is 2.68. The lowest BCUT2D eigenvalue weighted by molar-refractivity contribution is 0.0497. The van der Waals surface area contributed by atoms with Gasteiger partial charge in [0, 0.05) is 0 Å². The minimum atomic E-state index is -0.306. The number of rotatable bonds is 9. The Balaban J connectivity index is 2.28. The second-order valence-electron chi connectivity index (χ2n) is 4.66. The van der Waals surface area contributed by atoms with E-state index in [9.17, 15) is 4.79 Å². The Morgan fingerprint density at radius 1 is 1.25 bits per heavy atom. The number of esters is 1. The largest absolute Gasteiger partial charge is 0.462 e. The molecule has 20 heavy (non-hydrogen) atoms. The van der Waals surface area contributed by atoms with Gasteiger partial charge < -0.3 is 4.74 Å². The van der Waals surface area contributed by atoms with Gasteiger partial charge in [-0.15, -0.1) is 0 Å². The molecular formula is C16H21NO2S. The lowest BCUT2D eigenvalue weighted by Gasteiger charge is -2.05. The molecular weight excluding hydrogens is 270 g/mol. The normalized spacial score (nSPS) is 9.85. The SMILES string of the molecule is CCCCCCCCOC(=O)c1cccc(N=C=S)c1. The van der Waals surface area contributed by atoms with Crippen molar-refractivity contribution in [3.8, 4) is 0 Å². The van der Waals surface area contributed by atoms with Gasteiger partial charge in [-0.25, -0.2) is 4.79 Å². The number of ether oxygens (including phenoxy) is 1. The number of benzene rings is 1. The quantitative estimate of drug-likeness (QED) is 0.280. The minimum absolute atomic E-state index is 0.306. The molecule has 0 aliphatic rings. The van der Waals surface area contributed by atoms with E-state index in [2.05, 4.69) is 29.3 Å². The third-order valence-electron chi connectivity index (χ3n) is 2.99. The van der Waals surface area contributed by atoms with Crippen LogP contribution < -0.4 is 0 Å². The molecule has 0 atom stereocenters. The van der Waals surface area contributed by atoms with Crippen LogP contribution in [0.5, 0.6) is 0 Å². The molecule has 0 fully saturated rings. The summed E-state index contributed by atoms with van der Waals surface area (Å²) < 4.78 is 5.24. The molecule has 0 amide bonds. The molecule has 0 heterocycles. The molecule has 0 unspecified atom stereocenters. The Labute approximate surface area is 126 Å². The molecule has 108 valence electrons. The summed E-state index contributed by atoms with van der Waals surface area (Å²) in [6.07, 6.45) is 7.05. The summed E-state index contributed by atoms with van der Waals surface area (Å²) in [7, 11) is 0. The van der Waals surface area contributed by atoms with Gasteiger partial charge in [0.1, 0.15) is 0 Å². The fraction of sp³-hybridized carbons (Fsp3) is 0.500. The van der Waals surface area contributed by atoms with E-state index < -0.39 is 0 Å². The first-order chi connectivity index (χ1) is 9.77.